The average molecular weight is 358 g/mol. The van der Waals surface area contributed by atoms with Gasteiger partial charge in [0.15, 0.2) is 11.5 Å². The van der Waals surface area contributed by atoms with Crippen molar-refractivity contribution in [1.29, 1.82) is 0 Å². The number of aromatic nitrogens is 1. The highest BCUT2D eigenvalue weighted by Gasteiger charge is 2.14. The van der Waals surface area contributed by atoms with Crippen LogP contribution >= 0.6 is 0 Å². The molecule has 1 N–H and O–H groups in total. The van der Waals surface area contributed by atoms with E-state index in [9.17, 15) is 9.59 Å². The topological polar surface area (TPSA) is 96.0 Å². The van der Waals surface area contributed by atoms with Crippen LogP contribution in [0.15, 0.2) is 54.5 Å². The number of nitrogens with one attached hydrogen (secondary N) is 1. The van der Waals surface area contributed by atoms with Crippen LogP contribution in [-0.2, 0) is 19.1 Å². The van der Waals surface area contributed by atoms with E-state index in [0.717, 1.165) is 6.08 Å². The highest BCUT2D eigenvalue weighted by molar-refractivity contribution is 5.98. The number of hydrogen-bond donors (Lipinski definition) is 1. The third-order valence-corrected chi connectivity index (χ3v) is 3.17. The molecule has 0 spiro atoms. The van der Waals surface area contributed by atoms with E-state index >= 15 is 0 Å². The molecule has 26 heavy (non-hydrogen) atoms. The first-order valence-electron chi connectivity index (χ1n) is 7.48. The van der Waals surface area contributed by atoms with Gasteiger partial charge in [-0.05, 0) is 24.3 Å². The highest BCUT2D eigenvalue weighted by Crippen LogP contribution is 2.34. The number of rotatable bonds is 7. The molecule has 0 amide bonds. The maximum absolute atomic E-state index is 11.8. The molecule has 0 unspecified atom stereocenters. The Hall–Kier alpha value is -3.55. The van der Waals surface area contributed by atoms with Crippen molar-refractivity contribution in [1.82, 2.24) is 4.98 Å². The number of carbonyl (C=O) groups is 2. The largest absolute Gasteiger partial charge is 0.493 e. The lowest BCUT2D eigenvalue weighted by molar-refractivity contribution is -0.138. The third-order valence-electron chi connectivity index (χ3n) is 3.17. The first-order chi connectivity index (χ1) is 12.6. The third kappa shape index (κ3) is 4.97. The van der Waals surface area contributed by atoms with E-state index in [1.54, 1.807) is 42.7 Å². The zero-order chi connectivity index (χ0) is 18.9. The molecule has 0 radical (unpaired) electrons. The summed E-state index contributed by atoms with van der Waals surface area (Å²) in [6.45, 7) is 0. The fourth-order valence-electron chi connectivity index (χ4n) is 1.95. The number of pyridine rings is 1. The number of anilines is 1. The lowest BCUT2D eigenvalue weighted by Gasteiger charge is -2.13. The van der Waals surface area contributed by atoms with E-state index in [1.165, 1.54) is 21.3 Å². The van der Waals surface area contributed by atoms with E-state index in [1.807, 2.05) is 0 Å². The summed E-state index contributed by atoms with van der Waals surface area (Å²) in [4.78, 5) is 27.2. The Morgan fingerprint density at radius 2 is 1.88 bits per heavy atom. The Morgan fingerprint density at radius 1 is 1.08 bits per heavy atom. The van der Waals surface area contributed by atoms with Gasteiger partial charge >= 0.3 is 11.9 Å². The summed E-state index contributed by atoms with van der Waals surface area (Å²) in [5, 5.41) is 2.80. The molecule has 8 nitrogen and oxygen atoms in total. The molecule has 1 aromatic carbocycles. The number of ether oxygens (including phenoxy) is 4. The number of carbonyl (C=O) groups excluding carboxylic acids is 2. The second kappa shape index (κ2) is 9.07. The maximum Gasteiger partial charge on any atom is 0.354 e. The van der Waals surface area contributed by atoms with Crippen molar-refractivity contribution >= 4 is 17.6 Å². The predicted octanol–water partition coefficient (Wildman–Crippen LogP) is 2.52. The van der Waals surface area contributed by atoms with Gasteiger partial charge in [-0.2, -0.15) is 0 Å². The standard InChI is InChI=1S/C18H18N2O6/c1-23-16-9-12(20-14(18(22)25-3)10-17(21)24-2)6-7-15(16)26-13-5-4-8-19-11-13/h4-11,20H,1-3H3/b14-10+. The molecule has 0 fully saturated rings. The Balaban J connectivity index is 2.25. The minimum atomic E-state index is -0.718. The van der Waals surface area contributed by atoms with Gasteiger partial charge in [0.05, 0.1) is 33.6 Å². The molecular formula is C18H18N2O6. The van der Waals surface area contributed by atoms with Gasteiger partial charge in [-0.25, -0.2) is 9.59 Å². The number of methoxy groups -OCH3 is 3. The fraction of sp³-hybridized carbons (Fsp3) is 0.167. The van der Waals surface area contributed by atoms with E-state index in [-0.39, 0.29) is 5.70 Å². The van der Waals surface area contributed by atoms with Gasteiger partial charge in [-0.3, -0.25) is 4.98 Å². The summed E-state index contributed by atoms with van der Waals surface area (Å²) >= 11 is 0. The molecule has 0 aliphatic rings. The predicted molar refractivity (Wildman–Crippen MR) is 93.0 cm³/mol. The summed E-state index contributed by atoms with van der Waals surface area (Å²) < 4.78 is 20.2. The van der Waals surface area contributed by atoms with Crippen molar-refractivity contribution in [2.24, 2.45) is 0 Å². The van der Waals surface area contributed by atoms with Gasteiger partial charge in [0.2, 0.25) is 0 Å². The van der Waals surface area contributed by atoms with Crippen LogP contribution in [0.4, 0.5) is 5.69 Å². The Morgan fingerprint density at radius 3 is 2.50 bits per heavy atom. The molecule has 1 aromatic heterocycles. The molecule has 136 valence electrons. The smallest absolute Gasteiger partial charge is 0.354 e. The summed E-state index contributed by atoms with van der Waals surface area (Å²) in [6, 6.07) is 8.42. The van der Waals surface area contributed by atoms with Crippen molar-refractivity contribution in [3.05, 3.63) is 54.5 Å². The summed E-state index contributed by atoms with van der Waals surface area (Å²) in [5.74, 6) is 0.0162. The van der Waals surface area contributed by atoms with Crippen molar-refractivity contribution in [3.63, 3.8) is 0 Å². The normalized spacial score (nSPS) is 10.7. The second-order valence-electron chi connectivity index (χ2n) is 4.85. The molecule has 0 saturated heterocycles. The van der Waals surface area contributed by atoms with Gasteiger partial charge in [0.1, 0.15) is 11.4 Å². The van der Waals surface area contributed by atoms with Crippen LogP contribution in [0.5, 0.6) is 17.2 Å². The number of esters is 2. The van der Waals surface area contributed by atoms with Crippen molar-refractivity contribution in [3.8, 4) is 17.2 Å². The quantitative estimate of drug-likeness (QED) is 0.596. The molecule has 8 heteroatoms. The summed E-state index contributed by atoms with van der Waals surface area (Å²) in [7, 11) is 3.91. The minimum Gasteiger partial charge on any atom is -0.493 e. The Labute approximate surface area is 150 Å². The van der Waals surface area contributed by atoms with Crippen LogP contribution < -0.4 is 14.8 Å². The second-order valence-corrected chi connectivity index (χ2v) is 4.85. The zero-order valence-electron chi connectivity index (χ0n) is 14.5. The molecule has 0 atom stereocenters. The monoisotopic (exact) mass is 358 g/mol. The number of benzene rings is 1. The minimum absolute atomic E-state index is 0.0812. The molecule has 1 heterocycles. The Kier molecular flexibility index (Phi) is 6.55. The first-order valence-corrected chi connectivity index (χ1v) is 7.48. The lowest BCUT2D eigenvalue weighted by Crippen LogP contribution is -2.15. The summed E-state index contributed by atoms with van der Waals surface area (Å²) in [5.41, 5.74) is 0.406. The Bertz CT molecular complexity index is 805. The van der Waals surface area contributed by atoms with E-state index in [4.69, 9.17) is 9.47 Å². The molecule has 2 rings (SSSR count). The van der Waals surface area contributed by atoms with E-state index in [2.05, 4.69) is 19.8 Å². The molecule has 0 bridgehead atoms. The average Bonchev–Trinajstić information content (AvgIpc) is 2.68. The first kappa shape index (κ1) is 18.8. The van der Waals surface area contributed by atoms with E-state index in [0.29, 0.717) is 22.9 Å². The molecule has 2 aromatic rings. The summed E-state index contributed by atoms with van der Waals surface area (Å²) in [6.07, 6.45) is 4.21. The molecule has 0 aliphatic carbocycles. The van der Waals surface area contributed by atoms with Crippen molar-refractivity contribution < 1.29 is 28.5 Å². The van der Waals surface area contributed by atoms with Crippen molar-refractivity contribution in [2.45, 2.75) is 0 Å². The fourth-order valence-corrected chi connectivity index (χ4v) is 1.95. The van der Waals surface area contributed by atoms with Crippen molar-refractivity contribution in [2.75, 3.05) is 26.6 Å². The highest BCUT2D eigenvalue weighted by atomic mass is 16.5. The van der Waals surface area contributed by atoms with Crippen LogP contribution in [0, 0.1) is 0 Å². The van der Waals surface area contributed by atoms with E-state index < -0.39 is 11.9 Å². The SMILES string of the molecule is COC(=O)/C=C(/Nc1ccc(Oc2cccnc2)c(OC)c1)C(=O)OC. The van der Waals surface area contributed by atoms with Crippen LogP contribution in [0.1, 0.15) is 0 Å². The maximum atomic E-state index is 11.8. The molecule has 0 aliphatic heterocycles. The van der Waals surface area contributed by atoms with Crippen LogP contribution in [0.25, 0.3) is 0 Å². The van der Waals surface area contributed by atoms with Gasteiger partial charge in [-0.15, -0.1) is 0 Å². The van der Waals surface area contributed by atoms with Gasteiger partial charge in [0.25, 0.3) is 0 Å². The van der Waals surface area contributed by atoms with Gasteiger partial charge < -0.3 is 24.3 Å². The number of hydrogen-bond acceptors (Lipinski definition) is 8. The van der Waals surface area contributed by atoms with Crippen LogP contribution in [0.2, 0.25) is 0 Å². The molecule has 0 saturated carbocycles. The van der Waals surface area contributed by atoms with Gasteiger partial charge in [-0.1, -0.05) is 0 Å². The van der Waals surface area contributed by atoms with Crippen LogP contribution in [0.3, 0.4) is 0 Å². The van der Waals surface area contributed by atoms with Gasteiger partial charge in [0, 0.05) is 18.0 Å². The zero-order valence-corrected chi connectivity index (χ0v) is 14.5. The van der Waals surface area contributed by atoms with Crippen LogP contribution in [-0.4, -0.2) is 38.3 Å². The number of nitrogens with zero attached hydrogens (tertiary/aromatic N) is 1. The lowest BCUT2D eigenvalue weighted by atomic mass is 10.2. The molecular weight excluding hydrogens is 340 g/mol.